The van der Waals surface area contributed by atoms with Gasteiger partial charge in [-0.15, -0.1) is 0 Å². The van der Waals surface area contributed by atoms with Crippen molar-refractivity contribution in [2.75, 3.05) is 39.3 Å². The van der Waals surface area contributed by atoms with E-state index in [9.17, 15) is 27.2 Å². The summed E-state index contributed by atoms with van der Waals surface area (Å²) in [7, 11) is 0. The van der Waals surface area contributed by atoms with Gasteiger partial charge in [0.25, 0.3) is 0 Å². The molecule has 4 rings (SSSR count). The van der Waals surface area contributed by atoms with Gasteiger partial charge in [0.2, 0.25) is 5.91 Å². The zero-order valence-corrected chi connectivity index (χ0v) is 17.1. The normalized spacial score (nSPS) is 23.8. The fraction of sp³-hybridized carbons (Fsp3) is 0.619. The summed E-state index contributed by atoms with van der Waals surface area (Å²) in [6, 6.07) is 2.63. The highest BCUT2D eigenvalue weighted by Crippen LogP contribution is 2.41. The minimum absolute atomic E-state index is 0.0493. The van der Waals surface area contributed by atoms with Gasteiger partial charge in [-0.05, 0) is 44.5 Å². The summed E-state index contributed by atoms with van der Waals surface area (Å²) in [4.78, 5) is 29.5. The van der Waals surface area contributed by atoms with Crippen LogP contribution in [0.2, 0.25) is 0 Å². The van der Waals surface area contributed by atoms with E-state index >= 15 is 0 Å². The third kappa shape index (κ3) is 4.49. The smallest absolute Gasteiger partial charge is 0.369 e. The number of alkyl halides is 3. The number of carbonyl (C=O) groups excluding carboxylic acids is 2. The summed E-state index contributed by atoms with van der Waals surface area (Å²) in [5.74, 6) is -1.48. The molecule has 1 atom stereocenters. The summed E-state index contributed by atoms with van der Waals surface area (Å²) in [6.45, 7) is 3.92. The van der Waals surface area contributed by atoms with Gasteiger partial charge in [0, 0.05) is 43.7 Å². The van der Waals surface area contributed by atoms with Gasteiger partial charge >= 0.3 is 12.2 Å². The standard InChI is InChI=1S/C21H26F4N4O2/c22-17-9-16(21(23,24)25)2-1-14(17)10-27-7-4-20(5-8-27)12-29(13-20)19(31)28-6-3-15(11-28)18(26)30/h1-2,9,15H,3-8,10-13H2,(H2,26,30)/t15-/m0/s1. The zero-order valence-electron chi connectivity index (χ0n) is 17.1. The van der Waals surface area contributed by atoms with Crippen LogP contribution in [0.3, 0.4) is 0 Å². The van der Waals surface area contributed by atoms with Crippen LogP contribution in [0, 0.1) is 17.2 Å². The molecule has 0 unspecified atom stereocenters. The van der Waals surface area contributed by atoms with Gasteiger partial charge in [-0.25, -0.2) is 9.18 Å². The quantitative estimate of drug-likeness (QED) is 0.732. The van der Waals surface area contributed by atoms with Crippen molar-refractivity contribution in [1.82, 2.24) is 14.7 Å². The number of likely N-dealkylation sites (tertiary alicyclic amines) is 3. The summed E-state index contributed by atoms with van der Waals surface area (Å²) in [5, 5.41) is 0. The van der Waals surface area contributed by atoms with Gasteiger partial charge in [-0.2, -0.15) is 13.2 Å². The number of nitrogens with two attached hydrogens (primary N) is 1. The summed E-state index contributed by atoms with van der Waals surface area (Å²) in [6.07, 6.45) is -2.25. The number of piperidine rings is 1. The van der Waals surface area contributed by atoms with Crippen LogP contribution < -0.4 is 5.73 Å². The fourth-order valence-corrected chi connectivity index (χ4v) is 4.86. The molecule has 31 heavy (non-hydrogen) atoms. The molecule has 2 N–H and O–H groups in total. The van der Waals surface area contributed by atoms with Crippen molar-refractivity contribution in [2.45, 2.75) is 32.0 Å². The minimum Gasteiger partial charge on any atom is -0.369 e. The molecule has 0 saturated carbocycles. The van der Waals surface area contributed by atoms with Crippen molar-refractivity contribution in [3.63, 3.8) is 0 Å². The van der Waals surface area contributed by atoms with Crippen LogP contribution in [-0.4, -0.2) is 65.9 Å². The summed E-state index contributed by atoms with van der Waals surface area (Å²) >= 11 is 0. The zero-order chi connectivity index (χ0) is 22.4. The highest BCUT2D eigenvalue weighted by molar-refractivity contribution is 5.80. The molecule has 3 heterocycles. The van der Waals surface area contributed by atoms with Gasteiger partial charge in [0.15, 0.2) is 0 Å². The van der Waals surface area contributed by atoms with Crippen LogP contribution >= 0.6 is 0 Å². The van der Waals surface area contributed by atoms with E-state index in [0.717, 1.165) is 18.9 Å². The second-order valence-electron chi connectivity index (χ2n) is 9.05. The molecule has 0 aliphatic carbocycles. The minimum atomic E-state index is -4.56. The van der Waals surface area contributed by atoms with Gasteiger partial charge in [0.05, 0.1) is 11.5 Å². The number of amides is 3. The number of rotatable bonds is 3. The Labute approximate surface area is 177 Å². The number of urea groups is 1. The SMILES string of the molecule is NC(=O)[C@H]1CCN(C(=O)N2CC3(CCN(Cc4ccc(C(F)(F)F)cc4F)CC3)C2)C1. The van der Waals surface area contributed by atoms with Crippen LogP contribution in [0.1, 0.15) is 30.4 Å². The Kier molecular flexibility index (Phi) is 5.61. The molecule has 1 aromatic carbocycles. The van der Waals surface area contributed by atoms with E-state index in [1.165, 1.54) is 6.07 Å². The largest absolute Gasteiger partial charge is 0.416 e. The van der Waals surface area contributed by atoms with Crippen LogP contribution in [0.15, 0.2) is 18.2 Å². The molecule has 3 saturated heterocycles. The van der Waals surface area contributed by atoms with Gasteiger partial charge in [-0.1, -0.05) is 6.07 Å². The average Bonchev–Trinajstić information content (AvgIpc) is 3.18. The maximum atomic E-state index is 14.1. The lowest BCUT2D eigenvalue weighted by Crippen LogP contribution is -2.63. The van der Waals surface area contributed by atoms with Crippen molar-refractivity contribution < 1.29 is 27.2 Å². The van der Waals surface area contributed by atoms with Crippen LogP contribution in [0.25, 0.3) is 0 Å². The molecule has 3 fully saturated rings. The average molecular weight is 442 g/mol. The van der Waals surface area contributed by atoms with Crippen LogP contribution in [0.4, 0.5) is 22.4 Å². The number of halogens is 4. The van der Waals surface area contributed by atoms with Crippen molar-refractivity contribution in [1.29, 1.82) is 0 Å². The molecule has 0 bridgehead atoms. The Balaban J connectivity index is 1.26. The molecule has 1 aromatic rings. The number of benzene rings is 1. The highest BCUT2D eigenvalue weighted by Gasteiger charge is 2.48. The monoisotopic (exact) mass is 442 g/mol. The second-order valence-corrected chi connectivity index (χ2v) is 9.05. The van der Waals surface area contributed by atoms with E-state index in [0.29, 0.717) is 51.8 Å². The van der Waals surface area contributed by atoms with E-state index in [1.807, 2.05) is 4.90 Å². The first-order valence-electron chi connectivity index (χ1n) is 10.5. The number of nitrogens with zero attached hydrogens (tertiary/aromatic N) is 3. The Morgan fingerprint density at radius 2 is 1.77 bits per heavy atom. The molecular formula is C21H26F4N4O2. The molecule has 170 valence electrons. The van der Waals surface area contributed by atoms with Gasteiger partial charge < -0.3 is 15.5 Å². The molecule has 3 aliphatic heterocycles. The lowest BCUT2D eigenvalue weighted by Gasteiger charge is -2.54. The molecule has 10 heteroatoms. The van der Waals surface area contributed by atoms with Crippen LogP contribution in [-0.2, 0) is 17.5 Å². The maximum absolute atomic E-state index is 14.1. The Morgan fingerprint density at radius 1 is 1.10 bits per heavy atom. The number of hydrogen-bond donors (Lipinski definition) is 1. The van der Waals surface area contributed by atoms with Crippen molar-refractivity contribution >= 4 is 11.9 Å². The van der Waals surface area contributed by atoms with E-state index in [1.54, 1.807) is 9.80 Å². The number of hydrogen-bond acceptors (Lipinski definition) is 3. The molecule has 1 spiro atoms. The van der Waals surface area contributed by atoms with Crippen LogP contribution in [0.5, 0.6) is 0 Å². The lowest BCUT2D eigenvalue weighted by atomic mass is 9.72. The first-order chi connectivity index (χ1) is 14.6. The van der Waals surface area contributed by atoms with Crippen molar-refractivity contribution in [3.05, 3.63) is 35.1 Å². The highest BCUT2D eigenvalue weighted by atomic mass is 19.4. The molecule has 0 aromatic heterocycles. The molecular weight excluding hydrogens is 416 g/mol. The van der Waals surface area contributed by atoms with E-state index in [2.05, 4.69) is 0 Å². The Morgan fingerprint density at radius 3 is 2.32 bits per heavy atom. The summed E-state index contributed by atoms with van der Waals surface area (Å²) in [5.41, 5.74) is 4.66. The molecule has 3 aliphatic rings. The topological polar surface area (TPSA) is 69.9 Å². The number of carbonyl (C=O) groups is 2. The second kappa shape index (κ2) is 7.96. The lowest BCUT2D eigenvalue weighted by molar-refractivity contribution is -0.137. The Bertz CT molecular complexity index is 859. The third-order valence-corrected chi connectivity index (χ3v) is 6.88. The van der Waals surface area contributed by atoms with Gasteiger partial charge in [0.1, 0.15) is 5.82 Å². The maximum Gasteiger partial charge on any atom is 0.416 e. The predicted molar refractivity (Wildman–Crippen MR) is 104 cm³/mol. The van der Waals surface area contributed by atoms with E-state index in [4.69, 9.17) is 5.73 Å². The molecule has 3 amide bonds. The van der Waals surface area contributed by atoms with Gasteiger partial charge in [-0.3, -0.25) is 9.69 Å². The Hall–Kier alpha value is -2.36. The first-order valence-corrected chi connectivity index (χ1v) is 10.5. The number of primary amides is 1. The predicted octanol–water partition coefficient (Wildman–Crippen LogP) is 2.67. The summed E-state index contributed by atoms with van der Waals surface area (Å²) < 4.78 is 52.2. The molecule has 6 nitrogen and oxygen atoms in total. The molecule has 0 radical (unpaired) electrons. The van der Waals surface area contributed by atoms with E-state index < -0.39 is 17.6 Å². The van der Waals surface area contributed by atoms with Crippen molar-refractivity contribution in [3.8, 4) is 0 Å². The van der Waals surface area contributed by atoms with Crippen molar-refractivity contribution in [2.24, 2.45) is 17.1 Å². The third-order valence-electron chi connectivity index (χ3n) is 6.88. The fourth-order valence-electron chi connectivity index (χ4n) is 4.86. The van der Waals surface area contributed by atoms with E-state index in [-0.39, 0.29) is 35.4 Å². The first kappa shape index (κ1) is 21.9.